The highest BCUT2D eigenvalue weighted by Gasteiger charge is 2.14. The van der Waals surface area contributed by atoms with E-state index in [1.807, 2.05) is 25.1 Å². The highest BCUT2D eigenvalue weighted by Crippen LogP contribution is 2.23. The molecule has 12 heavy (non-hydrogen) atoms. The summed E-state index contributed by atoms with van der Waals surface area (Å²) in [5.74, 6) is 0. The van der Waals surface area contributed by atoms with Crippen LogP contribution in [0, 0.1) is 6.92 Å². The van der Waals surface area contributed by atoms with Crippen LogP contribution in [0.25, 0.3) is 0 Å². The first kappa shape index (κ1) is 9.85. The lowest BCUT2D eigenvalue weighted by Gasteiger charge is -2.11. The summed E-state index contributed by atoms with van der Waals surface area (Å²) in [4.78, 5) is -0.771. The van der Waals surface area contributed by atoms with Crippen molar-refractivity contribution in [3.8, 4) is 0 Å². The van der Waals surface area contributed by atoms with Crippen LogP contribution in [0.2, 0.25) is 0 Å². The standard InChI is InChI=1S/C9H10Cl2O/c1-6-3-2-4-7(5-6)8(12)9(10)11/h2-5,8-9,12H,1H3. The molecule has 0 amide bonds. The van der Waals surface area contributed by atoms with Gasteiger partial charge in [-0.25, -0.2) is 0 Å². The monoisotopic (exact) mass is 204 g/mol. The van der Waals surface area contributed by atoms with Crippen LogP contribution in [0.3, 0.4) is 0 Å². The predicted molar refractivity (Wildman–Crippen MR) is 51.6 cm³/mol. The second-order valence-corrected chi connectivity index (χ2v) is 3.86. The number of hydrogen-bond acceptors (Lipinski definition) is 1. The fourth-order valence-electron chi connectivity index (χ4n) is 1.000. The van der Waals surface area contributed by atoms with Gasteiger partial charge in [-0.05, 0) is 12.5 Å². The van der Waals surface area contributed by atoms with Gasteiger partial charge in [-0.1, -0.05) is 29.8 Å². The predicted octanol–water partition coefficient (Wildman–Crippen LogP) is 2.83. The first-order chi connectivity index (χ1) is 5.61. The van der Waals surface area contributed by atoms with Crippen molar-refractivity contribution in [1.29, 1.82) is 0 Å². The normalized spacial score (nSPS) is 13.4. The van der Waals surface area contributed by atoms with E-state index in [0.717, 1.165) is 11.1 Å². The average molecular weight is 205 g/mol. The second-order valence-electron chi connectivity index (χ2n) is 2.69. The molecule has 1 N–H and O–H groups in total. The third kappa shape index (κ3) is 2.37. The van der Waals surface area contributed by atoms with E-state index in [-0.39, 0.29) is 0 Å². The summed E-state index contributed by atoms with van der Waals surface area (Å²) in [6.07, 6.45) is -0.798. The average Bonchev–Trinajstić information content (AvgIpc) is 2.03. The van der Waals surface area contributed by atoms with Gasteiger partial charge in [-0.15, -0.1) is 23.2 Å². The van der Waals surface area contributed by atoms with Crippen molar-refractivity contribution < 1.29 is 5.11 Å². The Labute approximate surface area is 81.9 Å². The molecule has 1 nitrogen and oxygen atoms in total. The smallest absolute Gasteiger partial charge is 0.137 e. The summed E-state index contributed by atoms with van der Waals surface area (Å²) < 4.78 is 0. The summed E-state index contributed by atoms with van der Waals surface area (Å²) in [6.45, 7) is 1.95. The Morgan fingerprint density at radius 2 is 2.00 bits per heavy atom. The van der Waals surface area contributed by atoms with Crippen LogP contribution in [0.15, 0.2) is 24.3 Å². The quantitative estimate of drug-likeness (QED) is 0.736. The van der Waals surface area contributed by atoms with Gasteiger partial charge in [-0.3, -0.25) is 0 Å². The van der Waals surface area contributed by atoms with E-state index in [0.29, 0.717) is 0 Å². The molecule has 1 unspecified atom stereocenters. The van der Waals surface area contributed by atoms with Crippen LogP contribution in [-0.4, -0.2) is 9.94 Å². The molecule has 0 aliphatic heterocycles. The Hall–Kier alpha value is -0.240. The molecule has 1 aromatic carbocycles. The van der Waals surface area contributed by atoms with Crippen molar-refractivity contribution in [2.75, 3.05) is 0 Å². The van der Waals surface area contributed by atoms with Crippen molar-refractivity contribution in [2.45, 2.75) is 17.9 Å². The number of aliphatic hydroxyl groups is 1. The summed E-state index contributed by atoms with van der Waals surface area (Å²) >= 11 is 11.1. The molecule has 1 rings (SSSR count). The number of aliphatic hydroxyl groups excluding tert-OH is 1. The van der Waals surface area contributed by atoms with Gasteiger partial charge in [0.2, 0.25) is 0 Å². The van der Waals surface area contributed by atoms with Gasteiger partial charge in [0.05, 0.1) is 0 Å². The highest BCUT2D eigenvalue weighted by molar-refractivity contribution is 6.44. The Balaban J connectivity index is 2.88. The molecule has 3 heteroatoms. The van der Waals surface area contributed by atoms with Gasteiger partial charge in [0, 0.05) is 0 Å². The minimum Gasteiger partial charge on any atom is -0.386 e. The van der Waals surface area contributed by atoms with Crippen molar-refractivity contribution in [2.24, 2.45) is 0 Å². The second kappa shape index (κ2) is 4.13. The zero-order valence-corrected chi connectivity index (χ0v) is 8.18. The van der Waals surface area contributed by atoms with E-state index in [4.69, 9.17) is 23.2 Å². The largest absolute Gasteiger partial charge is 0.386 e. The van der Waals surface area contributed by atoms with Crippen molar-refractivity contribution in [1.82, 2.24) is 0 Å². The zero-order valence-electron chi connectivity index (χ0n) is 6.67. The van der Waals surface area contributed by atoms with Gasteiger partial charge in [0.1, 0.15) is 10.9 Å². The Bertz CT molecular complexity index is 260. The zero-order chi connectivity index (χ0) is 9.14. The highest BCUT2D eigenvalue weighted by atomic mass is 35.5. The maximum Gasteiger partial charge on any atom is 0.137 e. The van der Waals surface area contributed by atoms with Gasteiger partial charge in [0.25, 0.3) is 0 Å². The van der Waals surface area contributed by atoms with Crippen molar-refractivity contribution in [3.05, 3.63) is 35.4 Å². The molecule has 0 radical (unpaired) electrons. The van der Waals surface area contributed by atoms with Gasteiger partial charge in [-0.2, -0.15) is 0 Å². The fraction of sp³-hybridized carbons (Fsp3) is 0.333. The summed E-state index contributed by atoms with van der Waals surface area (Å²) in [7, 11) is 0. The van der Waals surface area contributed by atoms with Crippen LogP contribution >= 0.6 is 23.2 Å². The van der Waals surface area contributed by atoms with E-state index >= 15 is 0 Å². The molecule has 0 aromatic heterocycles. The molecule has 1 aromatic rings. The summed E-state index contributed by atoms with van der Waals surface area (Å²) in [5, 5.41) is 9.46. The molecule has 0 saturated heterocycles. The van der Waals surface area contributed by atoms with E-state index < -0.39 is 10.9 Å². The van der Waals surface area contributed by atoms with Crippen molar-refractivity contribution in [3.63, 3.8) is 0 Å². The Morgan fingerprint density at radius 1 is 1.33 bits per heavy atom. The Morgan fingerprint density at radius 3 is 2.50 bits per heavy atom. The number of rotatable bonds is 2. The Kier molecular flexibility index (Phi) is 3.39. The maximum absolute atomic E-state index is 9.46. The van der Waals surface area contributed by atoms with Crippen LogP contribution in [0.4, 0.5) is 0 Å². The lowest BCUT2D eigenvalue weighted by Crippen LogP contribution is -2.05. The molecule has 0 fully saturated rings. The molecule has 1 atom stereocenters. The fourth-order valence-corrected chi connectivity index (χ4v) is 1.29. The molecule has 0 heterocycles. The first-order valence-electron chi connectivity index (χ1n) is 3.64. The maximum atomic E-state index is 9.46. The van der Waals surface area contributed by atoms with E-state index in [1.165, 1.54) is 0 Å². The minimum atomic E-state index is -0.798. The number of halogens is 2. The van der Waals surface area contributed by atoms with Gasteiger partial charge < -0.3 is 5.11 Å². The van der Waals surface area contributed by atoms with Crippen LogP contribution in [-0.2, 0) is 0 Å². The number of hydrogen-bond donors (Lipinski definition) is 1. The molecule has 0 saturated carbocycles. The van der Waals surface area contributed by atoms with E-state index in [1.54, 1.807) is 6.07 Å². The van der Waals surface area contributed by atoms with Gasteiger partial charge >= 0.3 is 0 Å². The van der Waals surface area contributed by atoms with Crippen LogP contribution < -0.4 is 0 Å². The first-order valence-corrected chi connectivity index (χ1v) is 4.51. The SMILES string of the molecule is Cc1cccc(C(O)C(Cl)Cl)c1. The van der Waals surface area contributed by atoms with Crippen LogP contribution in [0.5, 0.6) is 0 Å². The third-order valence-corrected chi connectivity index (χ3v) is 2.10. The molecular weight excluding hydrogens is 195 g/mol. The number of alkyl halides is 2. The topological polar surface area (TPSA) is 20.2 Å². The number of benzene rings is 1. The van der Waals surface area contributed by atoms with Crippen LogP contribution in [0.1, 0.15) is 17.2 Å². The van der Waals surface area contributed by atoms with Crippen molar-refractivity contribution >= 4 is 23.2 Å². The number of aryl methyl sites for hydroxylation is 1. The minimum absolute atomic E-state index is 0.755. The van der Waals surface area contributed by atoms with E-state index in [2.05, 4.69) is 0 Å². The molecule has 0 spiro atoms. The summed E-state index contributed by atoms with van der Waals surface area (Å²) in [5.41, 5.74) is 1.84. The third-order valence-electron chi connectivity index (χ3n) is 1.62. The molecule has 66 valence electrons. The molecular formula is C9H10Cl2O. The lowest BCUT2D eigenvalue weighted by atomic mass is 10.1. The molecule has 0 aliphatic carbocycles. The molecule has 0 bridgehead atoms. The lowest BCUT2D eigenvalue weighted by molar-refractivity contribution is 0.193. The summed E-state index contributed by atoms with van der Waals surface area (Å²) in [6, 6.07) is 7.48. The molecule has 0 aliphatic rings. The van der Waals surface area contributed by atoms with E-state index in [9.17, 15) is 5.11 Å². The van der Waals surface area contributed by atoms with Gasteiger partial charge in [0.15, 0.2) is 0 Å².